The number of benzene rings is 1. The lowest BCUT2D eigenvalue weighted by molar-refractivity contribution is 0.415. The van der Waals surface area contributed by atoms with Crippen LogP contribution in [0.5, 0.6) is 5.75 Å². The second-order valence-corrected chi connectivity index (χ2v) is 5.69. The third-order valence-corrected chi connectivity index (χ3v) is 4.38. The molecule has 0 radical (unpaired) electrons. The zero-order chi connectivity index (χ0) is 13.0. The van der Waals surface area contributed by atoms with Gasteiger partial charge in [-0.25, -0.2) is 0 Å². The van der Waals surface area contributed by atoms with Gasteiger partial charge < -0.3 is 15.8 Å². The van der Waals surface area contributed by atoms with E-state index in [1.54, 1.807) is 18.4 Å². The van der Waals surface area contributed by atoms with Crippen molar-refractivity contribution in [2.24, 2.45) is 5.73 Å². The van der Waals surface area contributed by atoms with E-state index in [9.17, 15) is 0 Å². The van der Waals surface area contributed by atoms with Gasteiger partial charge in [0.2, 0.25) is 0 Å². The van der Waals surface area contributed by atoms with Gasteiger partial charge in [-0.1, -0.05) is 6.07 Å². The van der Waals surface area contributed by atoms with E-state index in [2.05, 4.69) is 32.7 Å². The fourth-order valence-corrected chi connectivity index (χ4v) is 3.18. The number of halogens is 1. The molecule has 3 nitrogen and oxygen atoms in total. The maximum absolute atomic E-state index is 5.83. The van der Waals surface area contributed by atoms with Crippen molar-refractivity contribution in [3.63, 3.8) is 0 Å². The standard InChI is InChI=1S/C13H15BrN2OS/c1-17-11-4-2-3-10(6-11)16-12(7-15)13-5-9(14)8-18-13/h2-6,8,12,16H,7,15H2,1H3. The van der Waals surface area contributed by atoms with Crippen LogP contribution in [-0.2, 0) is 0 Å². The van der Waals surface area contributed by atoms with Crippen LogP contribution in [0, 0.1) is 0 Å². The van der Waals surface area contributed by atoms with E-state index < -0.39 is 0 Å². The molecule has 5 heteroatoms. The summed E-state index contributed by atoms with van der Waals surface area (Å²) in [4.78, 5) is 1.21. The van der Waals surface area contributed by atoms with Crippen LogP contribution < -0.4 is 15.8 Å². The number of ether oxygens (including phenoxy) is 1. The highest BCUT2D eigenvalue weighted by Crippen LogP contribution is 2.28. The van der Waals surface area contributed by atoms with E-state index in [0.29, 0.717) is 6.54 Å². The fourth-order valence-electron chi connectivity index (χ4n) is 1.67. The van der Waals surface area contributed by atoms with Crippen molar-refractivity contribution in [3.8, 4) is 5.75 Å². The first-order valence-corrected chi connectivity index (χ1v) is 7.25. The maximum atomic E-state index is 5.83. The lowest BCUT2D eigenvalue weighted by Crippen LogP contribution is -2.19. The molecule has 0 amide bonds. The van der Waals surface area contributed by atoms with Crippen molar-refractivity contribution < 1.29 is 4.74 Å². The summed E-state index contributed by atoms with van der Waals surface area (Å²) in [6.45, 7) is 0.546. The maximum Gasteiger partial charge on any atom is 0.120 e. The van der Waals surface area contributed by atoms with Gasteiger partial charge >= 0.3 is 0 Å². The molecule has 1 unspecified atom stereocenters. The summed E-state index contributed by atoms with van der Waals surface area (Å²) in [5, 5.41) is 5.48. The smallest absolute Gasteiger partial charge is 0.120 e. The Hall–Kier alpha value is -1.04. The number of hydrogen-bond acceptors (Lipinski definition) is 4. The molecule has 1 heterocycles. The minimum atomic E-state index is 0.119. The zero-order valence-electron chi connectivity index (χ0n) is 10.0. The molecule has 0 aliphatic heterocycles. The topological polar surface area (TPSA) is 47.3 Å². The van der Waals surface area contributed by atoms with Crippen LogP contribution in [0.2, 0.25) is 0 Å². The average molecular weight is 327 g/mol. The third kappa shape index (κ3) is 3.25. The summed E-state index contributed by atoms with van der Waals surface area (Å²) in [5.74, 6) is 0.836. The Labute approximate surface area is 119 Å². The monoisotopic (exact) mass is 326 g/mol. The molecule has 2 rings (SSSR count). The molecule has 1 atom stereocenters. The summed E-state index contributed by atoms with van der Waals surface area (Å²) in [5.41, 5.74) is 6.84. The molecule has 0 saturated carbocycles. The minimum absolute atomic E-state index is 0.119. The molecule has 3 N–H and O–H groups in total. The second kappa shape index (κ2) is 6.22. The van der Waals surface area contributed by atoms with Crippen molar-refractivity contribution in [3.05, 3.63) is 45.1 Å². The third-order valence-electron chi connectivity index (χ3n) is 2.58. The van der Waals surface area contributed by atoms with E-state index in [-0.39, 0.29) is 6.04 Å². The highest BCUT2D eigenvalue weighted by atomic mass is 79.9. The Balaban J connectivity index is 2.14. The van der Waals surface area contributed by atoms with Crippen molar-refractivity contribution in [1.29, 1.82) is 0 Å². The lowest BCUT2D eigenvalue weighted by Gasteiger charge is -2.17. The molecule has 0 aliphatic rings. The van der Waals surface area contributed by atoms with Crippen LogP contribution in [0.4, 0.5) is 5.69 Å². The first kappa shape index (κ1) is 13.4. The number of methoxy groups -OCH3 is 1. The van der Waals surface area contributed by atoms with Gasteiger partial charge in [-0.2, -0.15) is 0 Å². The van der Waals surface area contributed by atoms with Crippen molar-refractivity contribution in [1.82, 2.24) is 0 Å². The van der Waals surface area contributed by atoms with E-state index in [1.165, 1.54) is 4.88 Å². The molecule has 0 spiro atoms. The predicted molar refractivity (Wildman–Crippen MR) is 80.4 cm³/mol. The predicted octanol–water partition coefficient (Wildman–Crippen LogP) is 3.63. The summed E-state index contributed by atoms with van der Waals surface area (Å²) in [7, 11) is 1.66. The van der Waals surface area contributed by atoms with Crippen LogP contribution in [0.15, 0.2) is 40.2 Å². The average Bonchev–Trinajstić information content (AvgIpc) is 2.82. The van der Waals surface area contributed by atoms with Crippen molar-refractivity contribution in [2.45, 2.75) is 6.04 Å². The van der Waals surface area contributed by atoms with Gasteiger partial charge in [0.25, 0.3) is 0 Å². The fraction of sp³-hybridized carbons (Fsp3) is 0.231. The van der Waals surface area contributed by atoms with E-state index in [1.807, 2.05) is 24.3 Å². The number of rotatable bonds is 5. The van der Waals surface area contributed by atoms with Crippen LogP contribution in [0.3, 0.4) is 0 Å². The Morgan fingerprint density at radius 2 is 2.28 bits per heavy atom. The normalized spacial score (nSPS) is 12.2. The summed E-state index contributed by atoms with van der Waals surface area (Å²) in [6.07, 6.45) is 0. The molecular formula is C13H15BrN2OS. The number of nitrogens with one attached hydrogen (secondary N) is 1. The minimum Gasteiger partial charge on any atom is -0.497 e. The van der Waals surface area contributed by atoms with Crippen molar-refractivity contribution >= 4 is 33.0 Å². The van der Waals surface area contributed by atoms with Crippen LogP contribution >= 0.6 is 27.3 Å². The number of anilines is 1. The van der Waals surface area contributed by atoms with Crippen LogP contribution in [0.1, 0.15) is 10.9 Å². The second-order valence-electron chi connectivity index (χ2n) is 3.83. The Bertz CT molecular complexity index is 515. The number of thiophene rings is 1. The molecule has 0 saturated heterocycles. The molecule has 0 fully saturated rings. The van der Waals surface area contributed by atoms with Gasteiger partial charge in [-0.05, 0) is 34.1 Å². The van der Waals surface area contributed by atoms with Gasteiger partial charge in [0.15, 0.2) is 0 Å². The number of nitrogens with two attached hydrogens (primary N) is 1. The zero-order valence-corrected chi connectivity index (χ0v) is 12.4. The van der Waals surface area contributed by atoms with E-state index in [0.717, 1.165) is 15.9 Å². The highest BCUT2D eigenvalue weighted by Gasteiger charge is 2.11. The first-order valence-electron chi connectivity index (χ1n) is 5.57. The molecule has 0 aliphatic carbocycles. The number of hydrogen-bond donors (Lipinski definition) is 2. The lowest BCUT2D eigenvalue weighted by atomic mass is 10.2. The van der Waals surface area contributed by atoms with Gasteiger partial charge in [-0.15, -0.1) is 11.3 Å². The van der Waals surface area contributed by atoms with Gasteiger partial charge in [0, 0.05) is 33.0 Å². The van der Waals surface area contributed by atoms with Crippen molar-refractivity contribution in [2.75, 3.05) is 19.0 Å². The van der Waals surface area contributed by atoms with Gasteiger partial charge in [-0.3, -0.25) is 0 Å². The summed E-state index contributed by atoms with van der Waals surface area (Å²) in [6, 6.07) is 10.1. The first-order chi connectivity index (χ1) is 8.72. The van der Waals surface area contributed by atoms with Crippen LogP contribution in [0.25, 0.3) is 0 Å². The summed E-state index contributed by atoms with van der Waals surface area (Å²) < 4.78 is 6.29. The molecular weight excluding hydrogens is 312 g/mol. The SMILES string of the molecule is COc1cccc(NC(CN)c2cc(Br)cs2)c1. The Kier molecular flexibility index (Phi) is 4.63. The largest absolute Gasteiger partial charge is 0.497 e. The Morgan fingerprint density at radius 3 is 2.89 bits per heavy atom. The molecule has 2 aromatic rings. The molecule has 96 valence electrons. The van der Waals surface area contributed by atoms with E-state index in [4.69, 9.17) is 10.5 Å². The Morgan fingerprint density at radius 1 is 1.44 bits per heavy atom. The van der Waals surface area contributed by atoms with Gasteiger partial charge in [0.05, 0.1) is 13.2 Å². The molecule has 18 heavy (non-hydrogen) atoms. The summed E-state index contributed by atoms with van der Waals surface area (Å²) >= 11 is 5.15. The molecule has 0 bridgehead atoms. The van der Waals surface area contributed by atoms with Crippen LogP contribution in [-0.4, -0.2) is 13.7 Å². The quantitative estimate of drug-likeness (QED) is 0.881. The molecule has 1 aromatic carbocycles. The van der Waals surface area contributed by atoms with E-state index >= 15 is 0 Å². The van der Waals surface area contributed by atoms with Gasteiger partial charge in [0.1, 0.15) is 5.75 Å². The molecule has 1 aromatic heterocycles. The highest BCUT2D eigenvalue weighted by molar-refractivity contribution is 9.10.